The van der Waals surface area contributed by atoms with Gasteiger partial charge >= 0.3 is 0 Å². The van der Waals surface area contributed by atoms with Crippen LogP contribution < -0.4 is 0 Å². The molecule has 3 rings (SSSR count). The van der Waals surface area contributed by atoms with Crippen LogP contribution in [0, 0.1) is 0 Å². The summed E-state index contributed by atoms with van der Waals surface area (Å²) in [6.07, 6.45) is 1.63. The quantitative estimate of drug-likeness (QED) is 0.849. The van der Waals surface area contributed by atoms with E-state index in [9.17, 15) is 5.11 Å². The van der Waals surface area contributed by atoms with E-state index in [4.69, 9.17) is 14.2 Å². The smallest absolute Gasteiger partial charge is 0.150 e. The van der Waals surface area contributed by atoms with Crippen molar-refractivity contribution in [2.75, 3.05) is 6.61 Å². The van der Waals surface area contributed by atoms with Crippen LogP contribution in [0.15, 0.2) is 73.0 Å². The number of benzene rings is 2. The Labute approximate surface area is 142 Å². The Bertz CT molecular complexity index is 627. The fourth-order valence-electron chi connectivity index (χ4n) is 2.61. The summed E-state index contributed by atoms with van der Waals surface area (Å²) in [7, 11) is 0. The van der Waals surface area contributed by atoms with E-state index < -0.39 is 12.2 Å². The topological polar surface area (TPSA) is 47.9 Å². The van der Waals surface area contributed by atoms with Gasteiger partial charge in [-0.1, -0.05) is 60.7 Å². The van der Waals surface area contributed by atoms with Crippen LogP contribution >= 0.6 is 0 Å². The first-order valence-corrected chi connectivity index (χ1v) is 8.10. The van der Waals surface area contributed by atoms with E-state index in [1.165, 1.54) is 6.26 Å². The van der Waals surface area contributed by atoms with Gasteiger partial charge in [0, 0.05) is 0 Å². The minimum Gasteiger partial charge on any atom is -0.493 e. The molecule has 0 radical (unpaired) electrons. The van der Waals surface area contributed by atoms with Crippen molar-refractivity contribution >= 4 is 0 Å². The molecule has 0 fully saturated rings. The van der Waals surface area contributed by atoms with Crippen LogP contribution in [0.4, 0.5) is 0 Å². The number of hydrogen-bond acceptors (Lipinski definition) is 4. The molecule has 0 saturated carbocycles. The second kappa shape index (κ2) is 8.64. The van der Waals surface area contributed by atoms with E-state index in [1.54, 1.807) is 6.08 Å². The molecule has 0 saturated heterocycles. The predicted octanol–water partition coefficient (Wildman–Crippen LogP) is 3.06. The molecule has 3 atom stereocenters. The molecule has 4 nitrogen and oxygen atoms in total. The Morgan fingerprint density at radius 2 is 1.50 bits per heavy atom. The summed E-state index contributed by atoms with van der Waals surface area (Å²) in [4.78, 5) is 0. The molecule has 24 heavy (non-hydrogen) atoms. The highest BCUT2D eigenvalue weighted by Gasteiger charge is 2.32. The lowest BCUT2D eigenvalue weighted by atomic mass is 10.1. The second-order valence-corrected chi connectivity index (χ2v) is 5.76. The van der Waals surface area contributed by atoms with Crippen molar-refractivity contribution in [2.24, 2.45) is 0 Å². The van der Waals surface area contributed by atoms with Crippen LogP contribution in [0.2, 0.25) is 0 Å². The SMILES string of the molecule is OC1C=COC(COCc2ccccc2)C1OCc1ccccc1. The van der Waals surface area contributed by atoms with Crippen LogP contribution in [-0.2, 0) is 27.4 Å². The van der Waals surface area contributed by atoms with Crippen LogP contribution in [0.25, 0.3) is 0 Å². The summed E-state index contributed by atoms with van der Waals surface area (Å²) < 4.78 is 17.2. The number of aliphatic hydroxyl groups is 1. The zero-order chi connectivity index (χ0) is 16.6. The largest absolute Gasteiger partial charge is 0.493 e. The highest BCUT2D eigenvalue weighted by Crippen LogP contribution is 2.19. The standard InChI is InChI=1S/C20H22O4/c21-18-11-12-23-19(15-22-13-16-7-3-1-4-8-16)20(18)24-14-17-9-5-2-6-10-17/h1-12,18-21H,13-15H2. The first-order valence-electron chi connectivity index (χ1n) is 8.10. The summed E-state index contributed by atoms with van der Waals surface area (Å²) in [5.41, 5.74) is 2.16. The maximum Gasteiger partial charge on any atom is 0.150 e. The predicted molar refractivity (Wildman–Crippen MR) is 91.1 cm³/mol. The fraction of sp³-hybridized carbons (Fsp3) is 0.300. The van der Waals surface area contributed by atoms with Crippen molar-refractivity contribution in [2.45, 2.75) is 31.5 Å². The van der Waals surface area contributed by atoms with Gasteiger partial charge in [0.2, 0.25) is 0 Å². The van der Waals surface area contributed by atoms with Crippen LogP contribution in [-0.4, -0.2) is 30.0 Å². The molecular weight excluding hydrogens is 304 g/mol. The molecule has 2 aromatic rings. The van der Waals surface area contributed by atoms with Crippen molar-refractivity contribution < 1.29 is 19.3 Å². The molecule has 1 heterocycles. The number of hydrogen-bond donors (Lipinski definition) is 1. The van der Waals surface area contributed by atoms with Gasteiger partial charge < -0.3 is 19.3 Å². The van der Waals surface area contributed by atoms with Gasteiger partial charge in [-0.3, -0.25) is 0 Å². The van der Waals surface area contributed by atoms with E-state index in [2.05, 4.69) is 0 Å². The van der Waals surface area contributed by atoms with Crippen LogP contribution in [0.1, 0.15) is 11.1 Å². The molecule has 4 heteroatoms. The van der Waals surface area contributed by atoms with Gasteiger partial charge in [-0.05, 0) is 17.2 Å². The Kier molecular flexibility index (Phi) is 6.01. The minimum atomic E-state index is -0.701. The zero-order valence-corrected chi connectivity index (χ0v) is 13.5. The van der Waals surface area contributed by atoms with Gasteiger partial charge in [0.05, 0.1) is 26.1 Å². The van der Waals surface area contributed by atoms with Gasteiger partial charge in [-0.15, -0.1) is 0 Å². The van der Waals surface area contributed by atoms with E-state index in [1.807, 2.05) is 60.7 Å². The van der Waals surface area contributed by atoms with Crippen molar-refractivity contribution in [3.63, 3.8) is 0 Å². The monoisotopic (exact) mass is 326 g/mol. The Morgan fingerprint density at radius 1 is 0.875 bits per heavy atom. The third kappa shape index (κ3) is 4.68. The van der Waals surface area contributed by atoms with Crippen molar-refractivity contribution in [3.05, 3.63) is 84.1 Å². The molecule has 3 unspecified atom stereocenters. The average molecular weight is 326 g/mol. The number of rotatable bonds is 7. The maximum atomic E-state index is 10.2. The minimum absolute atomic E-state index is 0.336. The molecule has 2 aromatic carbocycles. The molecule has 0 spiro atoms. The van der Waals surface area contributed by atoms with Gasteiger partial charge in [0.1, 0.15) is 18.3 Å². The Balaban J connectivity index is 1.53. The van der Waals surface area contributed by atoms with Gasteiger partial charge in [0.15, 0.2) is 0 Å². The average Bonchev–Trinajstić information content (AvgIpc) is 2.63. The third-order valence-corrected chi connectivity index (χ3v) is 3.91. The zero-order valence-electron chi connectivity index (χ0n) is 13.5. The molecule has 1 N–H and O–H groups in total. The molecule has 0 amide bonds. The summed E-state index contributed by atoms with van der Waals surface area (Å²) in [5.74, 6) is 0. The van der Waals surface area contributed by atoms with Gasteiger partial charge in [0.25, 0.3) is 0 Å². The van der Waals surface area contributed by atoms with Gasteiger partial charge in [-0.2, -0.15) is 0 Å². The summed E-state index contributed by atoms with van der Waals surface area (Å²) in [5, 5.41) is 10.2. The third-order valence-electron chi connectivity index (χ3n) is 3.91. The maximum absolute atomic E-state index is 10.2. The summed E-state index contributed by atoms with van der Waals surface area (Å²) >= 11 is 0. The Morgan fingerprint density at radius 3 is 2.17 bits per heavy atom. The number of aliphatic hydroxyl groups excluding tert-OH is 1. The highest BCUT2D eigenvalue weighted by atomic mass is 16.6. The molecule has 0 bridgehead atoms. The van der Waals surface area contributed by atoms with Crippen LogP contribution in [0.3, 0.4) is 0 Å². The van der Waals surface area contributed by atoms with Gasteiger partial charge in [-0.25, -0.2) is 0 Å². The lowest BCUT2D eigenvalue weighted by Gasteiger charge is -2.32. The molecule has 0 aliphatic carbocycles. The lowest BCUT2D eigenvalue weighted by molar-refractivity contribution is -0.130. The highest BCUT2D eigenvalue weighted by molar-refractivity contribution is 5.14. The Hall–Kier alpha value is -2.14. The molecule has 1 aliphatic rings. The summed E-state index contributed by atoms with van der Waals surface area (Å²) in [6.45, 7) is 1.29. The van der Waals surface area contributed by atoms with Crippen molar-refractivity contribution in [1.29, 1.82) is 0 Å². The number of ether oxygens (including phenoxy) is 3. The first kappa shape index (κ1) is 16.7. The normalized spacial score (nSPS) is 23.0. The van der Waals surface area contributed by atoms with E-state index in [0.29, 0.717) is 19.8 Å². The molecule has 1 aliphatic heterocycles. The van der Waals surface area contributed by atoms with Crippen molar-refractivity contribution in [3.8, 4) is 0 Å². The molecule has 126 valence electrons. The van der Waals surface area contributed by atoms with E-state index >= 15 is 0 Å². The molecule has 0 aromatic heterocycles. The fourth-order valence-corrected chi connectivity index (χ4v) is 2.61. The lowest BCUT2D eigenvalue weighted by Crippen LogP contribution is -2.44. The van der Waals surface area contributed by atoms with E-state index in [0.717, 1.165) is 11.1 Å². The first-order chi connectivity index (χ1) is 11.8. The van der Waals surface area contributed by atoms with Crippen LogP contribution in [0.5, 0.6) is 0 Å². The molecular formula is C20H22O4. The van der Waals surface area contributed by atoms with E-state index in [-0.39, 0.29) is 6.10 Å². The summed E-state index contributed by atoms with van der Waals surface area (Å²) in [6, 6.07) is 19.8. The van der Waals surface area contributed by atoms with Crippen molar-refractivity contribution in [1.82, 2.24) is 0 Å². The second-order valence-electron chi connectivity index (χ2n) is 5.76.